The summed E-state index contributed by atoms with van der Waals surface area (Å²) >= 11 is 5.81. The highest BCUT2D eigenvalue weighted by Gasteiger charge is 1.97. The summed E-state index contributed by atoms with van der Waals surface area (Å²) in [7, 11) is 0. The van der Waals surface area contributed by atoms with E-state index in [0.29, 0.717) is 17.4 Å². The zero-order chi connectivity index (χ0) is 12.8. The molecule has 1 aromatic heterocycles. The number of pyridine rings is 1. The predicted molar refractivity (Wildman–Crippen MR) is 73.9 cm³/mol. The van der Waals surface area contributed by atoms with Gasteiger partial charge >= 0.3 is 0 Å². The molecule has 0 bridgehead atoms. The van der Waals surface area contributed by atoms with Crippen molar-refractivity contribution in [1.29, 1.82) is 0 Å². The SMILES string of the molecule is Nc1cccc(CCCOc2cncc(Cl)c2)c1. The van der Waals surface area contributed by atoms with Crippen molar-refractivity contribution in [3.63, 3.8) is 0 Å². The maximum Gasteiger partial charge on any atom is 0.139 e. The molecular weight excluding hydrogens is 248 g/mol. The summed E-state index contributed by atoms with van der Waals surface area (Å²) < 4.78 is 5.56. The van der Waals surface area contributed by atoms with E-state index >= 15 is 0 Å². The van der Waals surface area contributed by atoms with Crippen LogP contribution >= 0.6 is 11.6 Å². The van der Waals surface area contributed by atoms with E-state index in [4.69, 9.17) is 22.1 Å². The third kappa shape index (κ3) is 3.93. The quantitative estimate of drug-likeness (QED) is 0.664. The summed E-state index contributed by atoms with van der Waals surface area (Å²) in [6, 6.07) is 9.66. The van der Waals surface area contributed by atoms with Crippen LogP contribution in [0.25, 0.3) is 0 Å². The molecule has 0 amide bonds. The number of aryl methyl sites for hydroxylation is 1. The third-order valence-corrected chi connectivity index (χ3v) is 2.72. The Morgan fingerprint density at radius 3 is 2.89 bits per heavy atom. The van der Waals surface area contributed by atoms with E-state index in [1.165, 1.54) is 5.56 Å². The lowest BCUT2D eigenvalue weighted by molar-refractivity contribution is 0.310. The first-order valence-electron chi connectivity index (χ1n) is 5.82. The first-order valence-corrected chi connectivity index (χ1v) is 6.19. The molecule has 0 spiro atoms. The van der Waals surface area contributed by atoms with Crippen molar-refractivity contribution in [3.05, 3.63) is 53.3 Å². The van der Waals surface area contributed by atoms with Crippen molar-refractivity contribution < 1.29 is 4.74 Å². The summed E-state index contributed by atoms with van der Waals surface area (Å²) in [4.78, 5) is 3.96. The number of nitrogens with zero attached hydrogens (tertiary/aromatic N) is 1. The molecule has 0 radical (unpaired) electrons. The molecule has 0 atom stereocenters. The third-order valence-electron chi connectivity index (χ3n) is 2.51. The minimum absolute atomic E-state index is 0.586. The molecule has 1 aromatic carbocycles. The molecule has 0 aliphatic heterocycles. The van der Waals surface area contributed by atoms with Gasteiger partial charge in [0.2, 0.25) is 0 Å². The van der Waals surface area contributed by atoms with Crippen LogP contribution in [-0.2, 0) is 6.42 Å². The number of rotatable bonds is 5. The first-order chi connectivity index (χ1) is 8.74. The van der Waals surface area contributed by atoms with Crippen LogP contribution in [0.2, 0.25) is 5.02 Å². The lowest BCUT2D eigenvalue weighted by Crippen LogP contribution is -2.00. The Kier molecular flexibility index (Phi) is 4.42. The van der Waals surface area contributed by atoms with Crippen molar-refractivity contribution in [2.75, 3.05) is 12.3 Å². The summed E-state index contributed by atoms with van der Waals surface area (Å²) in [5.41, 5.74) is 7.74. The monoisotopic (exact) mass is 262 g/mol. The highest BCUT2D eigenvalue weighted by molar-refractivity contribution is 6.30. The minimum Gasteiger partial charge on any atom is -0.492 e. The van der Waals surface area contributed by atoms with Crippen LogP contribution in [0.4, 0.5) is 5.69 Å². The molecule has 0 saturated heterocycles. The first kappa shape index (κ1) is 12.7. The van der Waals surface area contributed by atoms with E-state index < -0.39 is 0 Å². The number of anilines is 1. The van der Waals surface area contributed by atoms with Crippen LogP contribution in [0.1, 0.15) is 12.0 Å². The fraction of sp³-hybridized carbons (Fsp3) is 0.214. The number of nitrogens with two attached hydrogens (primary N) is 1. The standard InChI is InChI=1S/C14H15ClN2O/c15-12-8-14(10-17-9-12)18-6-2-4-11-3-1-5-13(16)7-11/h1,3,5,7-10H,2,4,6,16H2. The molecule has 94 valence electrons. The Bertz CT molecular complexity index is 469. The van der Waals surface area contributed by atoms with E-state index in [1.54, 1.807) is 18.5 Å². The van der Waals surface area contributed by atoms with E-state index in [2.05, 4.69) is 11.1 Å². The molecule has 0 saturated carbocycles. The molecule has 0 aliphatic rings. The molecular formula is C14H15ClN2O. The zero-order valence-electron chi connectivity index (χ0n) is 9.97. The molecule has 1 heterocycles. The van der Waals surface area contributed by atoms with E-state index in [0.717, 1.165) is 18.5 Å². The summed E-state index contributed by atoms with van der Waals surface area (Å²) in [6.07, 6.45) is 5.11. The molecule has 3 nitrogen and oxygen atoms in total. The van der Waals surface area contributed by atoms with Crippen LogP contribution in [0.15, 0.2) is 42.7 Å². The molecule has 0 unspecified atom stereocenters. The number of ether oxygens (including phenoxy) is 1. The molecule has 2 rings (SSSR count). The minimum atomic E-state index is 0.586. The second-order valence-electron chi connectivity index (χ2n) is 4.04. The fourth-order valence-corrected chi connectivity index (χ4v) is 1.85. The highest BCUT2D eigenvalue weighted by Crippen LogP contribution is 2.15. The zero-order valence-corrected chi connectivity index (χ0v) is 10.7. The van der Waals surface area contributed by atoms with Gasteiger partial charge in [0, 0.05) is 18.0 Å². The number of aromatic nitrogens is 1. The van der Waals surface area contributed by atoms with Gasteiger partial charge in [-0.1, -0.05) is 23.7 Å². The van der Waals surface area contributed by atoms with Gasteiger partial charge in [0.25, 0.3) is 0 Å². The Balaban J connectivity index is 1.76. The normalized spacial score (nSPS) is 10.3. The molecule has 0 fully saturated rings. The van der Waals surface area contributed by atoms with Gasteiger partial charge in [-0.2, -0.15) is 0 Å². The molecule has 18 heavy (non-hydrogen) atoms. The van der Waals surface area contributed by atoms with Crippen molar-refractivity contribution >= 4 is 17.3 Å². The van der Waals surface area contributed by atoms with Gasteiger partial charge in [-0.15, -0.1) is 0 Å². The van der Waals surface area contributed by atoms with Crippen LogP contribution in [0, 0.1) is 0 Å². The Hall–Kier alpha value is -1.74. The summed E-state index contributed by atoms with van der Waals surface area (Å²) in [6.45, 7) is 0.636. The van der Waals surface area contributed by atoms with E-state index in [1.807, 2.05) is 18.2 Å². The Morgan fingerprint density at radius 1 is 1.22 bits per heavy atom. The summed E-state index contributed by atoms with van der Waals surface area (Å²) in [5, 5.41) is 0.586. The van der Waals surface area contributed by atoms with Crippen molar-refractivity contribution in [2.24, 2.45) is 0 Å². The van der Waals surface area contributed by atoms with Gasteiger partial charge in [-0.05, 0) is 30.5 Å². The largest absolute Gasteiger partial charge is 0.492 e. The van der Waals surface area contributed by atoms with Gasteiger partial charge in [-0.25, -0.2) is 0 Å². The number of hydrogen-bond donors (Lipinski definition) is 1. The van der Waals surface area contributed by atoms with Crippen LogP contribution in [-0.4, -0.2) is 11.6 Å². The second kappa shape index (κ2) is 6.26. The predicted octanol–water partition coefficient (Wildman–Crippen LogP) is 3.33. The van der Waals surface area contributed by atoms with Gasteiger partial charge < -0.3 is 10.5 Å². The van der Waals surface area contributed by atoms with Crippen LogP contribution in [0.3, 0.4) is 0 Å². The maximum absolute atomic E-state index is 5.81. The lowest BCUT2D eigenvalue weighted by atomic mass is 10.1. The highest BCUT2D eigenvalue weighted by atomic mass is 35.5. The Labute approximate surface area is 112 Å². The van der Waals surface area contributed by atoms with Gasteiger partial charge in [0.05, 0.1) is 17.8 Å². The van der Waals surface area contributed by atoms with Crippen molar-refractivity contribution in [1.82, 2.24) is 4.98 Å². The lowest BCUT2D eigenvalue weighted by Gasteiger charge is -2.06. The molecule has 2 aromatic rings. The van der Waals surface area contributed by atoms with Gasteiger partial charge in [0.1, 0.15) is 5.75 Å². The van der Waals surface area contributed by atoms with Crippen molar-refractivity contribution in [3.8, 4) is 5.75 Å². The van der Waals surface area contributed by atoms with E-state index in [9.17, 15) is 0 Å². The topological polar surface area (TPSA) is 48.1 Å². The van der Waals surface area contributed by atoms with Crippen molar-refractivity contribution in [2.45, 2.75) is 12.8 Å². The van der Waals surface area contributed by atoms with Gasteiger partial charge in [0.15, 0.2) is 0 Å². The maximum atomic E-state index is 5.81. The molecule has 4 heteroatoms. The van der Waals surface area contributed by atoms with Gasteiger partial charge in [-0.3, -0.25) is 4.98 Å². The average molecular weight is 263 g/mol. The number of halogens is 1. The summed E-state index contributed by atoms with van der Waals surface area (Å²) in [5.74, 6) is 0.704. The fourth-order valence-electron chi connectivity index (χ4n) is 1.69. The second-order valence-corrected chi connectivity index (χ2v) is 4.47. The average Bonchev–Trinajstić information content (AvgIpc) is 2.35. The Morgan fingerprint density at radius 2 is 2.11 bits per heavy atom. The molecule has 0 aliphatic carbocycles. The van der Waals surface area contributed by atoms with E-state index in [-0.39, 0.29) is 0 Å². The van der Waals surface area contributed by atoms with Crippen LogP contribution < -0.4 is 10.5 Å². The smallest absolute Gasteiger partial charge is 0.139 e. The van der Waals surface area contributed by atoms with Crippen LogP contribution in [0.5, 0.6) is 5.75 Å². The number of nitrogen functional groups attached to an aromatic ring is 1. The number of benzene rings is 1. The molecule has 2 N–H and O–H groups in total. The number of hydrogen-bond acceptors (Lipinski definition) is 3.